The summed E-state index contributed by atoms with van der Waals surface area (Å²) in [4.78, 5) is 0. The average Bonchev–Trinajstić information content (AvgIpc) is 2.32. The molecule has 0 aliphatic carbocycles. The highest BCUT2D eigenvalue weighted by molar-refractivity contribution is 6.31. The van der Waals surface area contributed by atoms with E-state index in [1.165, 1.54) is 11.1 Å². The van der Waals surface area contributed by atoms with Crippen LogP contribution in [0.1, 0.15) is 22.6 Å². The van der Waals surface area contributed by atoms with Gasteiger partial charge in [-0.1, -0.05) is 59.6 Å². The van der Waals surface area contributed by atoms with Crippen LogP contribution in [-0.2, 0) is 6.42 Å². The van der Waals surface area contributed by atoms with Crippen molar-refractivity contribution in [2.45, 2.75) is 19.3 Å². The van der Waals surface area contributed by atoms with Crippen molar-refractivity contribution in [3.63, 3.8) is 0 Å². The molecule has 0 aliphatic rings. The lowest BCUT2D eigenvalue weighted by molar-refractivity contribution is 0.832. The predicted octanol–water partition coefficient (Wildman–Crippen LogP) is 4.81. The molecule has 0 bridgehead atoms. The third-order valence-electron chi connectivity index (χ3n) is 2.95. The highest BCUT2D eigenvalue weighted by Gasteiger charge is 2.09. The molecule has 0 fully saturated rings. The summed E-state index contributed by atoms with van der Waals surface area (Å²) in [7, 11) is 0. The molecule has 0 amide bonds. The molecule has 2 aromatic rings. The number of aryl methyl sites for hydroxylation is 1. The molecule has 0 nitrogen and oxygen atoms in total. The highest BCUT2D eigenvalue weighted by atomic mass is 35.5. The van der Waals surface area contributed by atoms with Crippen LogP contribution in [0.2, 0.25) is 5.02 Å². The summed E-state index contributed by atoms with van der Waals surface area (Å²) in [5.74, 6) is 0.200. The number of halogens is 1. The lowest BCUT2D eigenvalue weighted by Crippen LogP contribution is -1.99. The molecule has 2 aromatic carbocycles. The van der Waals surface area contributed by atoms with E-state index in [9.17, 15) is 0 Å². The van der Waals surface area contributed by atoms with Crippen molar-refractivity contribution in [2.24, 2.45) is 0 Å². The summed E-state index contributed by atoms with van der Waals surface area (Å²) in [6, 6.07) is 16.5. The molecular formula is C16H16Cl. The predicted molar refractivity (Wildman–Crippen MR) is 74.4 cm³/mol. The van der Waals surface area contributed by atoms with Gasteiger partial charge in [0.1, 0.15) is 0 Å². The van der Waals surface area contributed by atoms with Gasteiger partial charge in [-0.3, -0.25) is 0 Å². The summed E-state index contributed by atoms with van der Waals surface area (Å²) in [6.45, 7) is 6.30. The molecule has 17 heavy (non-hydrogen) atoms. The van der Waals surface area contributed by atoms with Crippen LogP contribution in [-0.4, -0.2) is 0 Å². The first-order valence-electron chi connectivity index (χ1n) is 5.80. The first kappa shape index (κ1) is 12.2. The third kappa shape index (κ3) is 3.10. The van der Waals surface area contributed by atoms with E-state index in [-0.39, 0.29) is 5.92 Å². The molecule has 1 radical (unpaired) electrons. The van der Waals surface area contributed by atoms with E-state index in [4.69, 9.17) is 11.6 Å². The van der Waals surface area contributed by atoms with Gasteiger partial charge in [-0.05, 0) is 43.4 Å². The van der Waals surface area contributed by atoms with Gasteiger partial charge in [0.15, 0.2) is 0 Å². The Balaban J connectivity index is 2.14. The van der Waals surface area contributed by atoms with Gasteiger partial charge in [0.25, 0.3) is 0 Å². The van der Waals surface area contributed by atoms with Crippen LogP contribution in [0.25, 0.3) is 0 Å². The zero-order valence-electron chi connectivity index (χ0n) is 9.99. The Hall–Kier alpha value is -1.27. The molecular weight excluding hydrogens is 228 g/mol. The molecule has 0 saturated heterocycles. The summed E-state index contributed by atoms with van der Waals surface area (Å²) in [5.41, 5.74) is 3.71. The Morgan fingerprint density at radius 3 is 2.35 bits per heavy atom. The zero-order chi connectivity index (χ0) is 12.3. The molecule has 1 unspecified atom stereocenters. The lowest BCUT2D eigenvalue weighted by atomic mass is 9.93. The van der Waals surface area contributed by atoms with Crippen molar-refractivity contribution < 1.29 is 0 Å². The summed E-state index contributed by atoms with van der Waals surface area (Å²) < 4.78 is 0. The van der Waals surface area contributed by atoms with E-state index in [2.05, 4.69) is 38.1 Å². The van der Waals surface area contributed by atoms with Gasteiger partial charge in [0.2, 0.25) is 0 Å². The van der Waals surface area contributed by atoms with E-state index in [0.29, 0.717) is 0 Å². The maximum Gasteiger partial charge on any atom is 0.0440 e. The minimum absolute atomic E-state index is 0.200. The summed E-state index contributed by atoms with van der Waals surface area (Å²) >= 11 is 6.17. The average molecular weight is 244 g/mol. The van der Waals surface area contributed by atoms with Crippen molar-refractivity contribution in [1.29, 1.82) is 0 Å². The van der Waals surface area contributed by atoms with Gasteiger partial charge in [0.05, 0.1) is 0 Å². The number of benzene rings is 2. The van der Waals surface area contributed by atoms with Crippen molar-refractivity contribution in [3.05, 3.63) is 77.2 Å². The largest absolute Gasteiger partial charge is 0.0840 e. The summed E-state index contributed by atoms with van der Waals surface area (Å²) in [5, 5.41) is 0.805. The van der Waals surface area contributed by atoms with Crippen LogP contribution in [0.4, 0.5) is 0 Å². The molecule has 1 heteroatoms. The Morgan fingerprint density at radius 1 is 1.06 bits per heavy atom. The van der Waals surface area contributed by atoms with E-state index < -0.39 is 0 Å². The van der Waals surface area contributed by atoms with Crippen molar-refractivity contribution in [1.82, 2.24) is 0 Å². The van der Waals surface area contributed by atoms with E-state index in [0.717, 1.165) is 17.0 Å². The zero-order valence-corrected chi connectivity index (χ0v) is 10.7. The number of rotatable bonds is 3. The number of hydrogen-bond donors (Lipinski definition) is 0. The third-order valence-corrected chi connectivity index (χ3v) is 3.29. The standard InChI is InChI=1S/C16H16Cl/c1-12-7-9-14(10-8-12)11-13(2)15-5-3-4-6-16(15)17/h3-10,13H,2,11H2,1H3. The molecule has 0 spiro atoms. The van der Waals surface area contributed by atoms with Crippen LogP contribution >= 0.6 is 11.6 Å². The van der Waals surface area contributed by atoms with Gasteiger partial charge >= 0.3 is 0 Å². The van der Waals surface area contributed by atoms with E-state index in [1.807, 2.05) is 24.3 Å². The maximum absolute atomic E-state index is 6.17. The van der Waals surface area contributed by atoms with Crippen LogP contribution in [0.3, 0.4) is 0 Å². The molecule has 0 heterocycles. The second-order valence-corrected chi connectivity index (χ2v) is 4.82. The number of hydrogen-bond acceptors (Lipinski definition) is 0. The normalized spacial score (nSPS) is 12.4. The minimum Gasteiger partial charge on any atom is -0.0840 e. The van der Waals surface area contributed by atoms with Crippen molar-refractivity contribution >= 4 is 11.6 Å². The van der Waals surface area contributed by atoms with Crippen molar-refractivity contribution in [2.75, 3.05) is 0 Å². The van der Waals surface area contributed by atoms with E-state index >= 15 is 0 Å². The summed E-state index contributed by atoms with van der Waals surface area (Å²) in [6.07, 6.45) is 0.921. The van der Waals surface area contributed by atoms with Crippen LogP contribution in [0.5, 0.6) is 0 Å². The van der Waals surface area contributed by atoms with Crippen molar-refractivity contribution in [3.8, 4) is 0 Å². The minimum atomic E-state index is 0.200. The van der Waals surface area contributed by atoms with Gasteiger partial charge in [-0.15, -0.1) is 0 Å². The Kier molecular flexibility index (Phi) is 3.86. The van der Waals surface area contributed by atoms with Gasteiger partial charge in [-0.25, -0.2) is 0 Å². The SMILES string of the molecule is [CH2]C(Cc1ccc(C)cc1)c1ccccc1Cl. The van der Waals surface area contributed by atoms with E-state index in [1.54, 1.807) is 0 Å². The maximum atomic E-state index is 6.17. The Morgan fingerprint density at radius 2 is 1.71 bits per heavy atom. The van der Waals surface area contributed by atoms with Gasteiger partial charge < -0.3 is 0 Å². The second-order valence-electron chi connectivity index (χ2n) is 4.41. The fourth-order valence-corrected chi connectivity index (χ4v) is 2.21. The highest BCUT2D eigenvalue weighted by Crippen LogP contribution is 2.26. The fraction of sp³-hybridized carbons (Fsp3) is 0.188. The molecule has 87 valence electrons. The first-order valence-corrected chi connectivity index (χ1v) is 6.17. The first-order chi connectivity index (χ1) is 8.16. The second kappa shape index (κ2) is 5.37. The quantitative estimate of drug-likeness (QED) is 0.726. The van der Waals surface area contributed by atoms with Gasteiger partial charge in [0, 0.05) is 5.02 Å². The molecule has 0 saturated carbocycles. The van der Waals surface area contributed by atoms with Gasteiger partial charge in [-0.2, -0.15) is 0 Å². The molecule has 2 rings (SSSR count). The molecule has 0 N–H and O–H groups in total. The molecule has 1 atom stereocenters. The smallest absolute Gasteiger partial charge is 0.0440 e. The Labute approximate surface area is 108 Å². The molecule has 0 aromatic heterocycles. The fourth-order valence-electron chi connectivity index (χ4n) is 1.92. The molecule has 0 aliphatic heterocycles. The van der Waals surface area contributed by atoms with Crippen LogP contribution < -0.4 is 0 Å². The van der Waals surface area contributed by atoms with Crippen LogP contribution in [0.15, 0.2) is 48.5 Å². The Bertz CT molecular complexity index is 485. The lowest BCUT2D eigenvalue weighted by Gasteiger charge is -2.13. The topological polar surface area (TPSA) is 0 Å². The monoisotopic (exact) mass is 243 g/mol. The van der Waals surface area contributed by atoms with Crippen LogP contribution in [0, 0.1) is 13.8 Å².